The van der Waals surface area contributed by atoms with Gasteiger partial charge in [-0.3, -0.25) is 19.4 Å². The van der Waals surface area contributed by atoms with Gasteiger partial charge in [-0.15, -0.1) is 0 Å². The van der Waals surface area contributed by atoms with Gasteiger partial charge in [-0.25, -0.2) is 4.98 Å². The van der Waals surface area contributed by atoms with Crippen molar-refractivity contribution in [2.45, 2.75) is 46.4 Å². The number of amides is 1. The Morgan fingerprint density at radius 1 is 1.18 bits per heavy atom. The Morgan fingerprint density at radius 3 is 2.68 bits per heavy atom. The van der Waals surface area contributed by atoms with E-state index in [1.165, 1.54) is 10.5 Å². The lowest BCUT2D eigenvalue weighted by molar-refractivity contribution is 0.0748. The van der Waals surface area contributed by atoms with Crippen LogP contribution in [-0.2, 0) is 17.8 Å². The van der Waals surface area contributed by atoms with Gasteiger partial charge in [0.05, 0.1) is 17.1 Å². The Bertz CT molecular complexity index is 1450. The van der Waals surface area contributed by atoms with Crippen molar-refractivity contribution in [1.29, 1.82) is 5.41 Å². The lowest BCUT2D eigenvalue weighted by atomic mass is 10.1. The van der Waals surface area contributed by atoms with Gasteiger partial charge in [0.1, 0.15) is 16.8 Å². The molecule has 0 aliphatic heterocycles. The van der Waals surface area contributed by atoms with E-state index in [9.17, 15) is 9.59 Å². The van der Waals surface area contributed by atoms with Crippen molar-refractivity contribution >= 4 is 22.6 Å². The van der Waals surface area contributed by atoms with Crippen LogP contribution in [0, 0.1) is 12.3 Å². The zero-order chi connectivity index (χ0) is 24.2. The average Bonchev–Trinajstić information content (AvgIpc) is 2.82. The summed E-state index contributed by atoms with van der Waals surface area (Å²) in [5.74, 6) is -0.405. The number of pyridine rings is 2. The number of benzene rings is 1. The monoisotopic (exact) mass is 459 g/mol. The maximum atomic E-state index is 13.2. The molecule has 0 radical (unpaired) electrons. The number of carbonyl (C=O) groups is 1. The van der Waals surface area contributed by atoms with Crippen LogP contribution in [0.25, 0.3) is 16.7 Å². The predicted molar refractivity (Wildman–Crippen MR) is 131 cm³/mol. The minimum atomic E-state index is -0.405. The van der Waals surface area contributed by atoms with Crippen LogP contribution in [0.1, 0.15) is 41.8 Å². The highest BCUT2D eigenvalue weighted by molar-refractivity contribution is 5.96. The lowest BCUT2D eigenvalue weighted by Crippen LogP contribution is -2.35. The van der Waals surface area contributed by atoms with Crippen LogP contribution < -0.4 is 16.4 Å². The van der Waals surface area contributed by atoms with Gasteiger partial charge in [-0.1, -0.05) is 35.9 Å². The Labute approximate surface area is 197 Å². The number of rotatable bonds is 8. The Balaban J connectivity index is 1.75. The summed E-state index contributed by atoms with van der Waals surface area (Å²) in [7, 11) is 0. The molecule has 0 unspecified atom stereocenters. The molecule has 176 valence electrons. The number of aryl methyl sites for hydroxylation is 2. The largest absolute Gasteiger partial charge is 0.379 e. The SMILES string of the molecule is Cc1ccc(CNC(=O)c2cc3c(=O)n4ccccc4nc3n(CCCOC(C)C)c2=N)cc1. The van der Waals surface area contributed by atoms with Crippen LogP contribution in [0.2, 0.25) is 0 Å². The van der Waals surface area contributed by atoms with E-state index in [4.69, 9.17) is 10.1 Å². The number of aromatic nitrogens is 3. The van der Waals surface area contributed by atoms with Gasteiger partial charge in [0.15, 0.2) is 0 Å². The van der Waals surface area contributed by atoms with Crippen LogP contribution >= 0.6 is 0 Å². The van der Waals surface area contributed by atoms with E-state index in [2.05, 4.69) is 10.3 Å². The molecule has 8 heteroatoms. The first-order chi connectivity index (χ1) is 16.3. The fraction of sp³-hybridized carbons (Fsp3) is 0.308. The minimum Gasteiger partial charge on any atom is -0.379 e. The van der Waals surface area contributed by atoms with Gasteiger partial charge < -0.3 is 14.6 Å². The van der Waals surface area contributed by atoms with Crippen molar-refractivity contribution in [2.24, 2.45) is 0 Å². The number of fused-ring (bicyclic) bond motifs is 2. The summed E-state index contributed by atoms with van der Waals surface area (Å²) < 4.78 is 8.73. The Morgan fingerprint density at radius 2 is 1.94 bits per heavy atom. The van der Waals surface area contributed by atoms with Crippen LogP contribution in [0.5, 0.6) is 0 Å². The average molecular weight is 460 g/mol. The van der Waals surface area contributed by atoms with Crippen molar-refractivity contribution in [1.82, 2.24) is 19.3 Å². The molecule has 0 saturated heterocycles. The number of hydrogen-bond donors (Lipinski definition) is 2. The van der Waals surface area contributed by atoms with Crippen molar-refractivity contribution < 1.29 is 9.53 Å². The molecule has 4 rings (SSSR count). The molecule has 0 aliphatic carbocycles. The van der Waals surface area contributed by atoms with Crippen LogP contribution in [-0.4, -0.2) is 32.6 Å². The van der Waals surface area contributed by atoms with E-state index in [0.29, 0.717) is 42.8 Å². The lowest BCUT2D eigenvalue weighted by Gasteiger charge is -2.15. The highest BCUT2D eigenvalue weighted by Gasteiger charge is 2.17. The Kier molecular flexibility index (Phi) is 6.88. The van der Waals surface area contributed by atoms with E-state index in [-0.39, 0.29) is 22.7 Å². The van der Waals surface area contributed by atoms with Crippen LogP contribution in [0.15, 0.2) is 59.5 Å². The summed E-state index contributed by atoms with van der Waals surface area (Å²) in [5, 5.41) is 12.0. The normalized spacial score (nSPS) is 11.4. The fourth-order valence-electron chi connectivity index (χ4n) is 3.80. The smallest absolute Gasteiger partial charge is 0.267 e. The molecule has 4 aromatic rings. The molecule has 0 aliphatic rings. The number of carbonyl (C=O) groups excluding carboxylic acids is 1. The van der Waals surface area contributed by atoms with Gasteiger partial charge in [-0.05, 0) is 51.0 Å². The highest BCUT2D eigenvalue weighted by Crippen LogP contribution is 2.11. The van der Waals surface area contributed by atoms with Gasteiger partial charge >= 0.3 is 0 Å². The third-order valence-electron chi connectivity index (χ3n) is 5.61. The molecule has 2 N–H and O–H groups in total. The maximum Gasteiger partial charge on any atom is 0.267 e. The summed E-state index contributed by atoms with van der Waals surface area (Å²) in [6.45, 7) is 7.16. The molecule has 34 heavy (non-hydrogen) atoms. The first-order valence-corrected chi connectivity index (χ1v) is 11.4. The number of nitrogens with zero attached hydrogens (tertiary/aromatic N) is 3. The molecule has 0 spiro atoms. The van der Waals surface area contributed by atoms with Crippen molar-refractivity contribution in [2.75, 3.05) is 6.61 Å². The maximum absolute atomic E-state index is 13.2. The third kappa shape index (κ3) is 4.92. The Hall–Kier alpha value is -3.78. The fourth-order valence-corrected chi connectivity index (χ4v) is 3.80. The van der Waals surface area contributed by atoms with E-state index < -0.39 is 5.91 Å². The van der Waals surface area contributed by atoms with Gasteiger partial charge in [0.25, 0.3) is 11.5 Å². The van der Waals surface area contributed by atoms with Crippen LogP contribution in [0.3, 0.4) is 0 Å². The summed E-state index contributed by atoms with van der Waals surface area (Å²) in [5.41, 5.74) is 2.85. The zero-order valence-electron chi connectivity index (χ0n) is 19.7. The number of ether oxygens (including phenoxy) is 1. The summed E-state index contributed by atoms with van der Waals surface area (Å²) >= 11 is 0. The summed E-state index contributed by atoms with van der Waals surface area (Å²) in [4.78, 5) is 31.0. The van der Waals surface area contributed by atoms with E-state index in [1.54, 1.807) is 22.9 Å². The molecule has 0 atom stereocenters. The van der Waals surface area contributed by atoms with Crippen molar-refractivity contribution in [3.05, 3.63) is 87.3 Å². The van der Waals surface area contributed by atoms with E-state index in [0.717, 1.165) is 11.1 Å². The van der Waals surface area contributed by atoms with Crippen molar-refractivity contribution in [3.8, 4) is 0 Å². The summed E-state index contributed by atoms with van der Waals surface area (Å²) in [6, 6.07) is 14.7. The molecular weight excluding hydrogens is 430 g/mol. The second kappa shape index (κ2) is 10.0. The van der Waals surface area contributed by atoms with Gasteiger partial charge in [0.2, 0.25) is 0 Å². The predicted octanol–water partition coefficient (Wildman–Crippen LogP) is 3.18. The molecule has 0 bridgehead atoms. The molecule has 3 heterocycles. The summed E-state index contributed by atoms with van der Waals surface area (Å²) in [6.07, 6.45) is 2.37. The zero-order valence-corrected chi connectivity index (χ0v) is 19.7. The molecule has 0 fully saturated rings. The van der Waals surface area contributed by atoms with E-state index in [1.807, 2.05) is 51.1 Å². The topological polar surface area (TPSA) is 101 Å². The number of hydrogen-bond acceptors (Lipinski definition) is 5. The molecular formula is C26H29N5O3. The minimum absolute atomic E-state index is 0.0191. The molecule has 1 aromatic carbocycles. The molecule has 0 saturated carbocycles. The quantitative estimate of drug-likeness (QED) is 0.312. The second-order valence-electron chi connectivity index (χ2n) is 8.58. The third-order valence-corrected chi connectivity index (χ3v) is 5.61. The van der Waals surface area contributed by atoms with Crippen molar-refractivity contribution in [3.63, 3.8) is 0 Å². The number of nitrogens with one attached hydrogen (secondary N) is 2. The molecule has 3 aromatic heterocycles. The standard InChI is InChI=1S/C26H29N5O3/c1-17(2)34-14-6-13-31-23(27)20(25(32)28-16-19-10-8-18(3)9-11-19)15-21-24(31)29-22-7-4-5-12-30(22)26(21)33/h4-5,7-12,15,17,27H,6,13-14,16H2,1-3H3,(H,28,32). The molecule has 1 amide bonds. The van der Waals surface area contributed by atoms with Crippen LogP contribution in [0.4, 0.5) is 0 Å². The highest BCUT2D eigenvalue weighted by atomic mass is 16.5. The first kappa shape index (κ1) is 23.4. The van der Waals surface area contributed by atoms with E-state index >= 15 is 0 Å². The molecule has 8 nitrogen and oxygen atoms in total. The second-order valence-corrected chi connectivity index (χ2v) is 8.58. The van der Waals surface area contributed by atoms with Gasteiger partial charge in [-0.2, -0.15) is 0 Å². The first-order valence-electron chi connectivity index (χ1n) is 11.4. The van der Waals surface area contributed by atoms with Gasteiger partial charge in [0, 0.05) is 25.9 Å².